The second kappa shape index (κ2) is 3.53. The predicted molar refractivity (Wildman–Crippen MR) is 50.8 cm³/mol. The van der Waals surface area contributed by atoms with Gasteiger partial charge in [0.25, 0.3) is 0 Å². The zero-order valence-corrected chi connectivity index (χ0v) is 8.34. The Kier molecular flexibility index (Phi) is 2.37. The molecule has 4 nitrogen and oxygen atoms in total. The summed E-state index contributed by atoms with van der Waals surface area (Å²) in [7, 11) is 1.52. The van der Waals surface area contributed by atoms with Crippen molar-refractivity contribution in [1.82, 2.24) is 9.97 Å². The van der Waals surface area contributed by atoms with E-state index in [-0.39, 0.29) is 0 Å². The molecule has 0 aromatic carbocycles. The first-order valence-corrected chi connectivity index (χ1v) is 4.76. The third-order valence-corrected chi connectivity index (χ3v) is 2.75. The normalized spacial score (nSPS) is 27.1. The summed E-state index contributed by atoms with van der Waals surface area (Å²) >= 11 is 0. The van der Waals surface area contributed by atoms with E-state index in [0.29, 0.717) is 17.8 Å². The first kappa shape index (κ1) is 9.40. The van der Waals surface area contributed by atoms with Gasteiger partial charge < -0.3 is 9.84 Å². The molecule has 2 rings (SSSR count). The van der Waals surface area contributed by atoms with E-state index in [0.717, 1.165) is 12.0 Å². The molecule has 1 saturated carbocycles. The van der Waals surface area contributed by atoms with Gasteiger partial charge in [0, 0.05) is 18.0 Å². The van der Waals surface area contributed by atoms with Crippen LogP contribution in [0.1, 0.15) is 25.0 Å². The van der Waals surface area contributed by atoms with Gasteiger partial charge >= 0.3 is 6.01 Å². The smallest absolute Gasteiger partial charge is 0.316 e. The molecule has 4 heteroatoms. The minimum absolute atomic E-state index is 0.338. The average molecular weight is 194 g/mol. The van der Waals surface area contributed by atoms with E-state index in [1.807, 2.05) is 0 Å². The summed E-state index contributed by atoms with van der Waals surface area (Å²) in [6.45, 7) is 2.14. The van der Waals surface area contributed by atoms with Crippen molar-refractivity contribution in [2.45, 2.75) is 19.4 Å². The van der Waals surface area contributed by atoms with Crippen LogP contribution in [-0.4, -0.2) is 22.2 Å². The maximum Gasteiger partial charge on any atom is 0.316 e. The van der Waals surface area contributed by atoms with Crippen LogP contribution in [0.4, 0.5) is 0 Å². The lowest BCUT2D eigenvalue weighted by molar-refractivity contribution is 0.147. The highest BCUT2D eigenvalue weighted by Gasteiger charge is 2.39. The fourth-order valence-corrected chi connectivity index (χ4v) is 1.62. The van der Waals surface area contributed by atoms with Crippen molar-refractivity contribution < 1.29 is 9.84 Å². The molecule has 0 bridgehead atoms. The monoisotopic (exact) mass is 194 g/mol. The molecule has 14 heavy (non-hydrogen) atoms. The molecule has 0 aliphatic heterocycles. The van der Waals surface area contributed by atoms with Crippen LogP contribution >= 0.6 is 0 Å². The Morgan fingerprint density at radius 3 is 2.50 bits per heavy atom. The number of ether oxygens (including phenoxy) is 1. The largest absolute Gasteiger partial charge is 0.467 e. The van der Waals surface area contributed by atoms with Crippen LogP contribution in [0, 0.1) is 11.8 Å². The molecule has 1 fully saturated rings. The third-order valence-electron chi connectivity index (χ3n) is 2.75. The quantitative estimate of drug-likeness (QED) is 0.784. The lowest BCUT2D eigenvalue weighted by Crippen LogP contribution is -2.03. The van der Waals surface area contributed by atoms with Gasteiger partial charge in [-0.25, -0.2) is 9.97 Å². The lowest BCUT2D eigenvalue weighted by Gasteiger charge is -2.08. The summed E-state index contributed by atoms with van der Waals surface area (Å²) in [4.78, 5) is 7.92. The molecule has 1 aliphatic carbocycles. The summed E-state index contributed by atoms with van der Waals surface area (Å²) in [6.07, 6.45) is 3.92. The highest BCUT2D eigenvalue weighted by atomic mass is 16.5. The van der Waals surface area contributed by atoms with Gasteiger partial charge in [-0.2, -0.15) is 0 Å². The van der Waals surface area contributed by atoms with Crippen LogP contribution in [0.3, 0.4) is 0 Å². The summed E-state index contributed by atoms with van der Waals surface area (Å²) < 4.78 is 4.84. The van der Waals surface area contributed by atoms with Crippen LogP contribution in [0.25, 0.3) is 0 Å². The van der Waals surface area contributed by atoms with Crippen molar-refractivity contribution in [1.29, 1.82) is 0 Å². The van der Waals surface area contributed by atoms with E-state index < -0.39 is 6.10 Å². The number of rotatable bonds is 3. The van der Waals surface area contributed by atoms with Gasteiger partial charge in [0.05, 0.1) is 13.2 Å². The Labute approximate surface area is 83.0 Å². The number of aliphatic hydroxyl groups excluding tert-OH is 1. The molecule has 0 saturated heterocycles. The summed E-state index contributed by atoms with van der Waals surface area (Å²) in [5.41, 5.74) is 0.778. The molecule has 0 amide bonds. The predicted octanol–water partition coefficient (Wildman–Crippen LogP) is 1.17. The minimum atomic E-state index is -0.420. The molecule has 0 radical (unpaired) electrons. The number of nitrogens with zero attached hydrogens (tertiary/aromatic N) is 2. The first-order valence-electron chi connectivity index (χ1n) is 4.76. The summed E-state index contributed by atoms with van der Waals surface area (Å²) in [6, 6.07) is 0.338. The Morgan fingerprint density at radius 2 is 2.07 bits per heavy atom. The van der Waals surface area contributed by atoms with Gasteiger partial charge in [-0.3, -0.25) is 0 Å². The number of hydrogen-bond acceptors (Lipinski definition) is 4. The number of aromatic nitrogens is 2. The van der Waals surface area contributed by atoms with E-state index >= 15 is 0 Å². The van der Waals surface area contributed by atoms with Gasteiger partial charge in [0.15, 0.2) is 0 Å². The van der Waals surface area contributed by atoms with Crippen LogP contribution in [0.2, 0.25) is 0 Å². The molecule has 1 aromatic heterocycles. The van der Waals surface area contributed by atoms with Crippen molar-refractivity contribution in [3.8, 4) is 6.01 Å². The van der Waals surface area contributed by atoms with E-state index in [2.05, 4.69) is 16.9 Å². The van der Waals surface area contributed by atoms with Crippen molar-refractivity contribution in [3.05, 3.63) is 18.0 Å². The molecule has 1 aliphatic rings. The fraction of sp³-hybridized carbons (Fsp3) is 0.600. The molecule has 1 aromatic rings. The maximum absolute atomic E-state index is 9.87. The second-order valence-electron chi connectivity index (χ2n) is 3.82. The van der Waals surface area contributed by atoms with Crippen LogP contribution < -0.4 is 4.74 Å². The van der Waals surface area contributed by atoms with Crippen molar-refractivity contribution >= 4 is 0 Å². The lowest BCUT2D eigenvalue weighted by atomic mass is 10.1. The fourth-order valence-electron chi connectivity index (χ4n) is 1.62. The average Bonchev–Trinajstić information content (AvgIpc) is 2.95. The molecule has 1 N–H and O–H groups in total. The van der Waals surface area contributed by atoms with Crippen molar-refractivity contribution in [2.75, 3.05) is 7.11 Å². The standard InChI is InChI=1S/C10H14N2O2/c1-6-3-8(6)9(13)7-4-11-10(14-2)12-5-7/h4-6,8-9,13H,3H2,1-2H3. The minimum Gasteiger partial charge on any atom is -0.467 e. The van der Waals surface area contributed by atoms with Crippen LogP contribution in [0.5, 0.6) is 6.01 Å². The number of hydrogen-bond donors (Lipinski definition) is 1. The summed E-state index contributed by atoms with van der Waals surface area (Å²) in [5.74, 6) is 0.999. The van der Waals surface area contributed by atoms with Gasteiger partial charge in [-0.15, -0.1) is 0 Å². The molecule has 0 spiro atoms. The zero-order chi connectivity index (χ0) is 10.1. The van der Waals surface area contributed by atoms with Gasteiger partial charge in [-0.05, 0) is 18.3 Å². The number of aliphatic hydroxyl groups is 1. The van der Waals surface area contributed by atoms with E-state index in [4.69, 9.17) is 4.74 Å². The van der Waals surface area contributed by atoms with Gasteiger partial charge in [0.1, 0.15) is 0 Å². The topological polar surface area (TPSA) is 55.2 Å². The molecular weight excluding hydrogens is 180 g/mol. The molecule has 76 valence electrons. The van der Waals surface area contributed by atoms with Gasteiger partial charge in [0.2, 0.25) is 0 Å². The zero-order valence-electron chi connectivity index (χ0n) is 8.34. The Hall–Kier alpha value is -1.16. The van der Waals surface area contributed by atoms with E-state index in [1.165, 1.54) is 7.11 Å². The Morgan fingerprint density at radius 1 is 1.50 bits per heavy atom. The van der Waals surface area contributed by atoms with Crippen molar-refractivity contribution in [3.63, 3.8) is 0 Å². The van der Waals surface area contributed by atoms with Gasteiger partial charge in [-0.1, -0.05) is 6.92 Å². The maximum atomic E-state index is 9.87. The van der Waals surface area contributed by atoms with Crippen molar-refractivity contribution in [2.24, 2.45) is 11.8 Å². The Bertz CT molecular complexity index is 312. The third kappa shape index (κ3) is 1.70. The Balaban J connectivity index is 2.08. The summed E-state index contributed by atoms with van der Waals surface area (Å²) in [5, 5.41) is 9.87. The molecular formula is C10H14N2O2. The van der Waals surface area contributed by atoms with Crippen LogP contribution in [-0.2, 0) is 0 Å². The molecule has 3 unspecified atom stereocenters. The second-order valence-corrected chi connectivity index (χ2v) is 3.82. The van der Waals surface area contributed by atoms with E-state index in [9.17, 15) is 5.11 Å². The highest BCUT2D eigenvalue weighted by Crippen LogP contribution is 2.46. The molecule has 1 heterocycles. The number of methoxy groups -OCH3 is 1. The van der Waals surface area contributed by atoms with E-state index in [1.54, 1.807) is 12.4 Å². The molecule has 3 atom stereocenters. The SMILES string of the molecule is COc1ncc(C(O)C2CC2C)cn1. The van der Waals surface area contributed by atoms with Crippen LogP contribution in [0.15, 0.2) is 12.4 Å². The highest BCUT2D eigenvalue weighted by molar-refractivity contribution is 5.14. The first-order chi connectivity index (χ1) is 6.72.